The highest BCUT2D eigenvalue weighted by molar-refractivity contribution is 5.76. The third-order valence-electron chi connectivity index (χ3n) is 4.33. The molecule has 2 amide bonds. The van der Waals surface area contributed by atoms with E-state index in [9.17, 15) is 9.59 Å². The molecule has 122 valence electrons. The molecule has 0 radical (unpaired) electrons. The lowest BCUT2D eigenvalue weighted by Crippen LogP contribution is -2.61. The fourth-order valence-corrected chi connectivity index (χ4v) is 2.40. The molecule has 21 heavy (non-hydrogen) atoms. The predicted molar refractivity (Wildman–Crippen MR) is 82.3 cm³/mol. The first-order valence-corrected chi connectivity index (χ1v) is 7.42. The van der Waals surface area contributed by atoms with Crippen molar-refractivity contribution in [3.63, 3.8) is 0 Å². The summed E-state index contributed by atoms with van der Waals surface area (Å²) in [5.74, 6) is -0.895. The van der Waals surface area contributed by atoms with Gasteiger partial charge in [0.1, 0.15) is 0 Å². The van der Waals surface area contributed by atoms with Gasteiger partial charge < -0.3 is 15.3 Å². The largest absolute Gasteiger partial charge is 0.481 e. The third kappa shape index (κ3) is 4.88. The van der Waals surface area contributed by atoms with Crippen molar-refractivity contribution in [1.82, 2.24) is 15.1 Å². The molecule has 1 rings (SSSR count). The minimum absolute atomic E-state index is 0.0631. The summed E-state index contributed by atoms with van der Waals surface area (Å²) in [6.45, 7) is 12.1. The molecule has 1 atom stereocenters. The molecule has 0 aromatic heterocycles. The van der Waals surface area contributed by atoms with Crippen molar-refractivity contribution in [3.8, 4) is 0 Å². The zero-order valence-electron chi connectivity index (χ0n) is 14.1. The fourth-order valence-electron chi connectivity index (χ4n) is 2.40. The molecule has 6 heteroatoms. The predicted octanol–water partition coefficient (Wildman–Crippen LogP) is 1.61. The molecule has 1 heterocycles. The van der Waals surface area contributed by atoms with Crippen LogP contribution in [0.5, 0.6) is 0 Å². The zero-order chi connectivity index (χ0) is 16.4. The molecular weight excluding hydrogens is 270 g/mol. The number of carboxylic acids is 1. The number of rotatable bonds is 3. The van der Waals surface area contributed by atoms with E-state index in [1.54, 1.807) is 4.90 Å². The van der Waals surface area contributed by atoms with Gasteiger partial charge in [-0.1, -0.05) is 20.8 Å². The van der Waals surface area contributed by atoms with Crippen LogP contribution in [-0.4, -0.2) is 65.2 Å². The summed E-state index contributed by atoms with van der Waals surface area (Å²) in [6, 6.07) is -0.553. The lowest BCUT2D eigenvalue weighted by atomic mass is 9.85. The number of carbonyl (C=O) groups excluding carboxylic acids is 1. The summed E-state index contributed by atoms with van der Waals surface area (Å²) in [7, 11) is 2.05. The quantitative estimate of drug-likeness (QED) is 0.830. The van der Waals surface area contributed by atoms with Crippen molar-refractivity contribution in [2.24, 2.45) is 5.41 Å². The van der Waals surface area contributed by atoms with Gasteiger partial charge in [-0.05, 0) is 26.3 Å². The van der Waals surface area contributed by atoms with E-state index in [4.69, 9.17) is 5.11 Å². The highest BCUT2D eigenvalue weighted by atomic mass is 16.4. The second-order valence-corrected chi connectivity index (χ2v) is 7.62. The Balaban J connectivity index is 2.72. The number of nitrogens with one attached hydrogen (secondary N) is 1. The molecule has 1 saturated heterocycles. The van der Waals surface area contributed by atoms with E-state index < -0.39 is 5.97 Å². The van der Waals surface area contributed by atoms with E-state index in [2.05, 4.69) is 31.1 Å². The minimum atomic E-state index is -0.895. The average molecular weight is 299 g/mol. The Morgan fingerprint density at radius 2 is 1.86 bits per heavy atom. The van der Waals surface area contributed by atoms with Gasteiger partial charge in [-0.15, -0.1) is 0 Å². The fraction of sp³-hybridized carbons (Fsp3) is 0.867. The number of nitrogens with zero attached hydrogens (tertiary/aromatic N) is 2. The van der Waals surface area contributed by atoms with Crippen LogP contribution in [0.1, 0.15) is 41.0 Å². The summed E-state index contributed by atoms with van der Waals surface area (Å²) in [5, 5.41) is 11.9. The topological polar surface area (TPSA) is 72.9 Å². The number of carbonyl (C=O) groups is 2. The molecule has 0 aromatic rings. The maximum absolute atomic E-state index is 12.4. The van der Waals surface area contributed by atoms with Crippen molar-refractivity contribution in [2.75, 3.05) is 26.7 Å². The van der Waals surface area contributed by atoms with Crippen LogP contribution in [0.4, 0.5) is 4.79 Å². The third-order valence-corrected chi connectivity index (χ3v) is 4.33. The Morgan fingerprint density at radius 1 is 1.29 bits per heavy atom. The highest BCUT2D eigenvalue weighted by Crippen LogP contribution is 2.23. The first kappa shape index (κ1) is 17.8. The molecule has 0 spiro atoms. The molecule has 1 unspecified atom stereocenters. The minimum Gasteiger partial charge on any atom is -0.481 e. The number of hydrogen-bond acceptors (Lipinski definition) is 3. The Hall–Kier alpha value is -1.30. The molecule has 0 bridgehead atoms. The smallest absolute Gasteiger partial charge is 0.317 e. The van der Waals surface area contributed by atoms with Gasteiger partial charge in [0.2, 0.25) is 0 Å². The van der Waals surface area contributed by atoms with E-state index in [1.165, 1.54) is 0 Å². The van der Waals surface area contributed by atoms with Crippen LogP contribution in [0.25, 0.3) is 0 Å². The molecule has 0 aromatic carbocycles. The summed E-state index contributed by atoms with van der Waals surface area (Å²) in [6.07, 6.45) is -0.0631. The first-order chi connectivity index (χ1) is 9.43. The van der Waals surface area contributed by atoms with Gasteiger partial charge >= 0.3 is 12.0 Å². The van der Waals surface area contributed by atoms with E-state index in [-0.39, 0.29) is 29.4 Å². The summed E-state index contributed by atoms with van der Waals surface area (Å²) >= 11 is 0. The van der Waals surface area contributed by atoms with E-state index >= 15 is 0 Å². The monoisotopic (exact) mass is 299 g/mol. The average Bonchev–Trinajstić information content (AvgIpc) is 2.29. The second kappa shape index (κ2) is 6.22. The molecule has 2 N–H and O–H groups in total. The van der Waals surface area contributed by atoms with E-state index in [0.717, 1.165) is 6.54 Å². The maximum Gasteiger partial charge on any atom is 0.317 e. The molecular formula is C15H29N3O3. The van der Waals surface area contributed by atoms with E-state index in [1.807, 2.05) is 20.8 Å². The van der Waals surface area contributed by atoms with Gasteiger partial charge in [0.25, 0.3) is 0 Å². The number of hydrogen-bond donors (Lipinski definition) is 2. The lowest BCUT2D eigenvalue weighted by molar-refractivity contribution is -0.138. The number of piperazine rings is 1. The van der Waals surface area contributed by atoms with Crippen molar-refractivity contribution in [3.05, 3.63) is 0 Å². The van der Waals surface area contributed by atoms with Gasteiger partial charge in [0.05, 0.1) is 6.42 Å². The normalized spacial score (nSPS) is 21.0. The van der Waals surface area contributed by atoms with Crippen LogP contribution < -0.4 is 5.32 Å². The number of aliphatic carboxylic acids is 1. The maximum atomic E-state index is 12.4. The van der Waals surface area contributed by atoms with Gasteiger partial charge in [-0.3, -0.25) is 9.69 Å². The van der Waals surface area contributed by atoms with Crippen LogP contribution in [0.2, 0.25) is 0 Å². The SMILES string of the molecule is CN1CCN(C(=O)NC(CC(=O)O)C(C)(C)C)CC1(C)C. The number of likely N-dealkylation sites (N-methyl/N-ethyl adjacent to an activating group) is 1. The van der Waals surface area contributed by atoms with Gasteiger partial charge in [-0.2, -0.15) is 0 Å². The van der Waals surface area contributed by atoms with Crippen LogP contribution in [0.15, 0.2) is 0 Å². The van der Waals surface area contributed by atoms with Crippen LogP contribution in [0.3, 0.4) is 0 Å². The van der Waals surface area contributed by atoms with Crippen LogP contribution in [0, 0.1) is 5.41 Å². The van der Waals surface area contributed by atoms with Crippen molar-refractivity contribution in [2.45, 2.75) is 52.6 Å². The van der Waals surface area contributed by atoms with Crippen molar-refractivity contribution < 1.29 is 14.7 Å². The van der Waals surface area contributed by atoms with Gasteiger partial charge in [0, 0.05) is 31.2 Å². The molecule has 1 aliphatic rings. The Bertz CT molecular complexity index is 401. The molecule has 1 aliphatic heterocycles. The van der Waals surface area contributed by atoms with Crippen molar-refractivity contribution in [1.29, 1.82) is 0 Å². The zero-order valence-corrected chi connectivity index (χ0v) is 14.1. The van der Waals surface area contributed by atoms with Crippen molar-refractivity contribution >= 4 is 12.0 Å². The van der Waals surface area contributed by atoms with E-state index in [0.29, 0.717) is 13.1 Å². The number of carboxylic acid groups (broad SMARTS) is 1. The lowest BCUT2D eigenvalue weighted by Gasteiger charge is -2.45. The molecule has 6 nitrogen and oxygen atoms in total. The Kier molecular flexibility index (Phi) is 5.25. The van der Waals surface area contributed by atoms with Gasteiger partial charge in [-0.25, -0.2) is 4.79 Å². The van der Waals surface area contributed by atoms with Gasteiger partial charge in [0.15, 0.2) is 0 Å². The Morgan fingerprint density at radius 3 is 2.29 bits per heavy atom. The van der Waals surface area contributed by atoms with Crippen LogP contribution >= 0.6 is 0 Å². The molecule has 0 saturated carbocycles. The number of amides is 2. The highest BCUT2D eigenvalue weighted by Gasteiger charge is 2.35. The molecule has 0 aliphatic carbocycles. The summed E-state index contributed by atoms with van der Waals surface area (Å²) < 4.78 is 0. The van der Waals surface area contributed by atoms with Crippen LogP contribution in [-0.2, 0) is 4.79 Å². The Labute approximate surface area is 127 Å². The molecule has 1 fully saturated rings. The first-order valence-electron chi connectivity index (χ1n) is 7.42. The standard InChI is InChI=1S/C15H29N3O3/c1-14(2,3)11(9-12(19)20)16-13(21)18-8-7-17(6)15(4,5)10-18/h11H,7-10H2,1-6H3,(H,16,21)(H,19,20). The number of urea groups is 1. The summed E-state index contributed by atoms with van der Waals surface area (Å²) in [4.78, 5) is 27.4. The second-order valence-electron chi connectivity index (χ2n) is 7.62. The summed E-state index contributed by atoms with van der Waals surface area (Å²) in [5.41, 5.74) is -0.365.